The van der Waals surface area contributed by atoms with Gasteiger partial charge in [-0.2, -0.15) is 5.10 Å². The number of carbonyl (C=O) groups is 1. The van der Waals surface area contributed by atoms with Crippen LogP contribution in [0.4, 0.5) is 5.13 Å². The van der Waals surface area contributed by atoms with Crippen molar-refractivity contribution >= 4 is 33.1 Å². The monoisotopic (exact) mass is 357 g/mol. The highest BCUT2D eigenvalue weighted by Crippen LogP contribution is 2.32. The largest absolute Gasteiger partial charge is 0.371 e. The lowest BCUT2D eigenvalue weighted by Gasteiger charge is -2.07. The predicted molar refractivity (Wildman–Crippen MR) is 92.8 cm³/mol. The molecule has 1 aliphatic heterocycles. The number of aromatic nitrogens is 4. The number of hydrogen-bond donors (Lipinski definition) is 1. The van der Waals surface area contributed by atoms with Gasteiger partial charge in [0.2, 0.25) is 5.13 Å². The van der Waals surface area contributed by atoms with Crippen molar-refractivity contribution in [3.63, 3.8) is 0 Å². The molecule has 1 aliphatic rings. The standard InChI is InChI=1S/C16H15N5O3S/c1-21-15(23)10-6-3-2-5-9(10)12(20-21)13(22)17-16-19-18-14(25-16)11-7-4-8-24-11/h2-3,5-6,11H,4,7-8H2,1H3,(H,17,19,22)/t11-/m1/s1. The molecule has 1 N–H and O–H groups in total. The van der Waals surface area contributed by atoms with Crippen molar-refractivity contribution in [2.24, 2.45) is 7.05 Å². The summed E-state index contributed by atoms with van der Waals surface area (Å²) in [7, 11) is 1.52. The van der Waals surface area contributed by atoms with Gasteiger partial charge in [-0.25, -0.2) is 4.68 Å². The van der Waals surface area contributed by atoms with Gasteiger partial charge in [0, 0.05) is 19.0 Å². The second kappa shape index (κ2) is 6.34. The van der Waals surface area contributed by atoms with Gasteiger partial charge in [-0.3, -0.25) is 14.9 Å². The second-order valence-corrected chi connectivity index (χ2v) is 6.73. The molecule has 0 radical (unpaired) electrons. The van der Waals surface area contributed by atoms with Crippen LogP contribution in [0, 0.1) is 0 Å². The molecule has 3 heterocycles. The fourth-order valence-corrected chi connectivity index (χ4v) is 3.63. The van der Waals surface area contributed by atoms with Crippen LogP contribution in [0.1, 0.15) is 34.4 Å². The number of nitrogens with zero attached hydrogens (tertiary/aromatic N) is 4. The molecule has 9 heteroatoms. The molecular weight excluding hydrogens is 342 g/mol. The maximum Gasteiger partial charge on any atom is 0.278 e. The Morgan fingerprint density at radius 1 is 1.32 bits per heavy atom. The Hall–Kier alpha value is -2.65. The molecule has 25 heavy (non-hydrogen) atoms. The Morgan fingerprint density at radius 2 is 2.12 bits per heavy atom. The topological polar surface area (TPSA) is 99.0 Å². The van der Waals surface area contributed by atoms with Crippen LogP contribution < -0.4 is 10.9 Å². The Morgan fingerprint density at radius 3 is 2.88 bits per heavy atom. The number of rotatable bonds is 3. The van der Waals surface area contributed by atoms with Crippen LogP contribution in [0.25, 0.3) is 10.8 Å². The van der Waals surface area contributed by atoms with E-state index in [1.54, 1.807) is 24.3 Å². The lowest BCUT2D eigenvalue weighted by molar-refractivity contribution is 0.102. The molecule has 0 unspecified atom stereocenters. The van der Waals surface area contributed by atoms with Crippen molar-refractivity contribution < 1.29 is 9.53 Å². The quantitative estimate of drug-likeness (QED) is 0.768. The van der Waals surface area contributed by atoms with E-state index >= 15 is 0 Å². The first kappa shape index (κ1) is 15.9. The van der Waals surface area contributed by atoms with Crippen molar-refractivity contribution in [1.82, 2.24) is 20.0 Å². The van der Waals surface area contributed by atoms with Crippen LogP contribution in [0.3, 0.4) is 0 Å². The summed E-state index contributed by atoms with van der Waals surface area (Å²) < 4.78 is 6.74. The molecule has 0 aliphatic carbocycles. The molecule has 1 saturated heterocycles. The summed E-state index contributed by atoms with van der Waals surface area (Å²) in [6.45, 7) is 0.722. The fourth-order valence-electron chi connectivity index (χ4n) is 2.81. The lowest BCUT2D eigenvalue weighted by atomic mass is 10.1. The Kier molecular flexibility index (Phi) is 4.02. The summed E-state index contributed by atoms with van der Waals surface area (Å²) in [5.74, 6) is -0.429. The summed E-state index contributed by atoms with van der Waals surface area (Å²) in [5.41, 5.74) is -0.0738. The third-order valence-corrected chi connectivity index (χ3v) is 4.97. The minimum Gasteiger partial charge on any atom is -0.371 e. The van der Waals surface area contributed by atoms with Crippen LogP contribution in [0.2, 0.25) is 0 Å². The maximum atomic E-state index is 12.6. The van der Waals surface area contributed by atoms with E-state index in [1.807, 2.05) is 0 Å². The number of benzene rings is 1. The van der Waals surface area contributed by atoms with E-state index in [0.717, 1.165) is 29.1 Å². The first-order chi connectivity index (χ1) is 12.1. The number of aryl methyl sites for hydroxylation is 1. The first-order valence-electron chi connectivity index (χ1n) is 7.86. The number of fused-ring (bicyclic) bond motifs is 1. The van der Waals surface area contributed by atoms with E-state index in [9.17, 15) is 9.59 Å². The van der Waals surface area contributed by atoms with E-state index in [1.165, 1.54) is 18.4 Å². The molecule has 0 spiro atoms. The molecular formula is C16H15N5O3S. The van der Waals surface area contributed by atoms with Gasteiger partial charge >= 0.3 is 0 Å². The molecule has 4 rings (SSSR count). The fraction of sp³-hybridized carbons (Fsp3) is 0.312. The highest BCUT2D eigenvalue weighted by molar-refractivity contribution is 7.15. The van der Waals surface area contributed by atoms with Gasteiger partial charge in [0.1, 0.15) is 11.1 Å². The zero-order valence-corrected chi connectivity index (χ0v) is 14.2. The van der Waals surface area contributed by atoms with E-state index in [0.29, 0.717) is 15.9 Å². The number of amides is 1. The normalized spacial score (nSPS) is 17.1. The molecule has 1 atom stereocenters. The predicted octanol–water partition coefficient (Wildman–Crippen LogP) is 1.89. The minimum atomic E-state index is -0.429. The molecule has 1 aromatic carbocycles. The van der Waals surface area contributed by atoms with Crippen molar-refractivity contribution in [3.8, 4) is 0 Å². The zero-order valence-electron chi connectivity index (χ0n) is 13.4. The van der Waals surface area contributed by atoms with E-state index in [-0.39, 0.29) is 17.4 Å². The van der Waals surface area contributed by atoms with Crippen molar-refractivity contribution in [1.29, 1.82) is 0 Å². The van der Waals surface area contributed by atoms with E-state index in [4.69, 9.17) is 4.74 Å². The van der Waals surface area contributed by atoms with Crippen molar-refractivity contribution in [2.45, 2.75) is 18.9 Å². The van der Waals surface area contributed by atoms with Crippen LogP contribution in [0.5, 0.6) is 0 Å². The number of hydrogen-bond acceptors (Lipinski definition) is 7. The molecule has 3 aromatic rings. The molecule has 0 bridgehead atoms. The molecule has 0 saturated carbocycles. The highest BCUT2D eigenvalue weighted by atomic mass is 32.1. The number of nitrogens with one attached hydrogen (secondary N) is 1. The summed E-state index contributed by atoms with van der Waals surface area (Å²) in [5, 5.41) is 17.0. The van der Waals surface area contributed by atoms with Gasteiger partial charge in [-0.1, -0.05) is 29.5 Å². The molecule has 128 valence electrons. The average molecular weight is 357 g/mol. The smallest absolute Gasteiger partial charge is 0.278 e. The number of carbonyl (C=O) groups excluding carboxylic acids is 1. The molecule has 1 amide bonds. The van der Waals surface area contributed by atoms with E-state index in [2.05, 4.69) is 20.6 Å². The molecule has 8 nitrogen and oxygen atoms in total. The van der Waals surface area contributed by atoms with Gasteiger partial charge in [0.15, 0.2) is 5.69 Å². The summed E-state index contributed by atoms with van der Waals surface area (Å²) >= 11 is 1.29. The van der Waals surface area contributed by atoms with Crippen LogP contribution >= 0.6 is 11.3 Å². The van der Waals surface area contributed by atoms with Crippen LogP contribution in [0.15, 0.2) is 29.1 Å². The average Bonchev–Trinajstić information content (AvgIpc) is 3.29. The van der Waals surface area contributed by atoms with Gasteiger partial charge in [-0.05, 0) is 18.9 Å². The second-order valence-electron chi connectivity index (χ2n) is 5.72. The van der Waals surface area contributed by atoms with Gasteiger partial charge in [-0.15, -0.1) is 10.2 Å². The zero-order chi connectivity index (χ0) is 17.4. The van der Waals surface area contributed by atoms with Crippen LogP contribution in [-0.4, -0.2) is 32.5 Å². The van der Waals surface area contributed by atoms with Gasteiger partial charge in [0.25, 0.3) is 11.5 Å². The summed E-state index contributed by atoms with van der Waals surface area (Å²) in [4.78, 5) is 24.8. The van der Waals surface area contributed by atoms with Crippen molar-refractivity contribution in [2.75, 3.05) is 11.9 Å². The minimum absolute atomic E-state index is 0.0420. The third kappa shape index (κ3) is 2.92. The summed E-state index contributed by atoms with van der Waals surface area (Å²) in [6.07, 6.45) is 1.87. The Labute approximate surface area is 146 Å². The Balaban J connectivity index is 1.64. The SMILES string of the molecule is Cn1nc(C(=O)Nc2nnc([C@H]3CCCO3)s2)c2ccccc2c1=O. The van der Waals surface area contributed by atoms with Crippen LogP contribution in [-0.2, 0) is 11.8 Å². The number of ether oxygens (including phenoxy) is 1. The molecule has 1 fully saturated rings. The van der Waals surface area contributed by atoms with Gasteiger partial charge < -0.3 is 4.74 Å². The first-order valence-corrected chi connectivity index (χ1v) is 8.67. The number of anilines is 1. The lowest BCUT2D eigenvalue weighted by Crippen LogP contribution is -2.25. The molecule has 2 aromatic heterocycles. The highest BCUT2D eigenvalue weighted by Gasteiger charge is 2.23. The van der Waals surface area contributed by atoms with E-state index < -0.39 is 5.91 Å². The Bertz CT molecular complexity index is 1010. The maximum absolute atomic E-state index is 12.6. The van der Waals surface area contributed by atoms with Crippen molar-refractivity contribution in [3.05, 3.63) is 45.3 Å². The summed E-state index contributed by atoms with van der Waals surface area (Å²) in [6, 6.07) is 6.90. The van der Waals surface area contributed by atoms with Gasteiger partial charge in [0.05, 0.1) is 5.39 Å². The third-order valence-electron chi connectivity index (χ3n) is 4.04.